The van der Waals surface area contributed by atoms with Gasteiger partial charge in [0.1, 0.15) is 10.4 Å². The highest BCUT2D eigenvalue weighted by Gasteiger charge is 2.00. The van der Waals surface area contributed by atoms with Crippen LogP contribution in [0.4, 0.5) is 0 Å². The van der Waals surface area contributed by atoms with Crippen molar-refractivity contribution in [1.82, 2.24) is 4.98 Å². The minimum Gasteiger partial charge on any atom is -0.439 e. The Kier molecular flexibility index (Phi) is 2.99. The zero-order valence-electron chi connectivity index (χ0n) is 9.51. The molecule has 3 aromatic rings. The van der Waals surface area contributed by atoms with Crippen LogP contribution in [-0.2, 0) is 0 Å². The molecule has 0 radical (unpaired) electrons. The van der Waals surface area contributed by atoms with Crippen LogP contribution in [0.5, 0.6) is 11.6 Å². The van der Waals surface area contributed by atoms with Gasteiger partial charge in [0.25, 0.3) is 0 Å². The first-order chi connectivity index (χ1) is 8.81. The maximum atomic E-state index is 5.73. The first-order valence-electron chi connectivity index (χ1n) is 5.60. The van der Waals surface area contributed by atoms with Crippen molar-refractivity contribution in [3.63, 3.8) is 0 Å². The molecular formula is C15H10BrNO. The Hall–Kier alpha value is -1.87. The highest BCUT2D eigenvalue weighted by molar-refractivity contribution is 9.10. The van der Waals surface area contributed by atoms with Gasteiger partial charge in [-0.2, -0.15) is 0 Å². The van der Waals surface area contributed by atoms with E-state index in [-0.39, 0.29) is 0 Å². The van der Waals surface area contributed by atoms with Crippen molar-refractivity contribution < 1.29 is 4.74 Å². The Labute approximate surface area is 113 Å². The number of benzene rings is 2. The molecule has 0 amide bonds. The number of ether oxygens (including phenoxy) is 1. The topological polar surface area (TPSA) is 22.1 Å². The Balaban J connectivity index is 1.95. The van der Waals surface area contributed by atoms with Gasteiger partial charge in [0, 0.05) is 6.07 Å². The van der Waals surface area contributed by atoms with E-state index in [1.54, 1.807) is 0 Å². The van der Waals surface area contributed by atoms with Gasteiger partial charge in [-0.15, -0.1) is 0 Å². The first-order valence-corrected chi connectivity index (χ1v) is 6.40. The number of pyridine rings is 1. The summed E-state index contributed by atoms with van der Waals surface area (Å²) in [7, 11) is 0. The fourth-order valence-corrected chi connectivity index (χ4v) is 2.13. The second-order valence-electron chi connectivity index (χ2n) is 3.91. The molecule has 88 valence electrons. The zero-order chi connectivity index (χ0) is 12.4. The van der Waals surface area contributed by atoms with Gasteiger partial charge in [0.2, 0.25) is 5.88 Å². The molecule has 0 N–H and O–H groups in total. The quantitative estimate of drug-likeness (QED) is 0.635. The van der Waals surface area contributed by atoms with Crippen LogP contribution < -0.4 is 4.74 Å². The normalized spacial score (nSPS) is 10.5. The smallest absolute Gasteiger partial charge is 0.220 e. The van der Waals surface area contributed by atoms with Gasteiger partial charge < -0.3 is 4.74 Å². The molecule has 3 heteroatoms. The van der Waals surface area contributed by atoms with Crippen molar-refractivity contribution in [3.05, 3.63) is 65.3 Å². The predicted octanol–water partition coefficient (Wildman–Crippen LogP) is 4.79. The van der Waals surface area contributed by atoms with Gasteiger partial charge in [-0.25, -0.2) is 4.98 Å². The molecule has 0 saturated carbocycles. The molecule has 0 aliphatic carbocycles. The third kappa shape index (κ3) is 2.36. The summed E-state index contributed by atoms with van der Waals surface area (Å²) in [6.07, 6.45) is 0. The summed E-state index contributed by atoms with van der Waals surface area (Å²) in [4.78, 5) is 4.24. The molecular weight excluding hydrogens is 290 g/mol. The lowest BCUT2D eigenvalue weighted by Crippen LogP contribution is -1.87. The van der Waals surface area contributed by atoms with Crippen molar-refractivity contribution >= 4 is 26.7 Å². The summed E-state index contributed by atoms with van der Waals surface area (Å²) >= 11 is 3.32. The molecule has 3 rings (SSSR count). The number of nitrogens with zero attached hydrogens (tertiary/aromatic N) is 1. The summed E-state index contributed by atoms with van der Waals surface area (Å²) in [5.41, 5.74) is 0. The number of rotatable bonds is 2. The minimum absolute atomic E-state index is 0.583. The molecule has 0 atom stereocenters. The lowest BCUT2D eigenvalue weighted by atomic mass is 10.1. The van der Waals surface area contributed by atoms with Crippen molar-refractivity contribution in [2.24, 2.45) is 0 Å². The summed E-state index contributed by atoms with van der Waals surface area (Å²) in [6.45, 7) is 0. The molecule has 0 aliphatic rings. The van der Waals surface area contributed by atoms with Crippen LogP contribution in [0, 0.1) is 0 Å². The maximum Gasteiger partial charge on any atom is 0.220 e. The molecule has 1 heterocycles. The molecule has 0 fully saturated rings. The first kappa shape index (κ1) is 11.2. The summed E-state index contributed by atoms with van der Waals surface area (Å²) in [5, 5.41) is 2.36. The molecule has 0 aliphatic heterocycles. The van der Waals surface area contributed by atoms with Gasteiger partial charge in [0.15, 0.2) is 0 Å². The van der Waals surface area contributed by atoms with E-state index in [1.807, 2.05) is 48.5 Å². The van der Waals surface area contributed by atoms with Crippen LogP contribution in [0.3, 0.4) is 0 Å². The standard InChI is InChI=1S/C15H10BrNO/c16-14-6-3-7-15(17-14)18-13-9-8-11-4-1-2-5-12(11)10-13/h1-10H. The number of hydrogen-bond acceptors (Lipinski definition) is 2. The predicted molar refractivity (Wildman–Crippen MR) is 76.0 cm³/mol. The van der Waals surface area contributed by atoms with Crippen molar-refractivity contribution in [2.75, 3.05) is 0 Å². The van der Waals surface area contributed by atoms with Crippen molar-refractivity contribution in [2.45, 2.75) is 0 Å². The third-order valence-electron chi connectivity index (χ3n) is 2.63. The van der Waals surface area contributed by atoms with E-state index in [0.29, 0.717) is 5.88 Å². The second kappa shape index (κ2) is 4.78. The summed E-state index contributed by atoms with van der Waals surface area (Å²) < 4.78 is 6.49. The monoisotopic (exact) mass is 299 g/mol. The van der Waals surface area contributed by atoms with Crippen LogP contribution in [0.1, 0.15) is 0 Å². The van der Waals surface area contributed by atoms with Crippen LogP contribution in [0.15, 0.2) is 65.3 Å². The SMILES string of the molecule is Brc1cccc(Oc2ccc3ccccc3c2)n1. The number of fused-ring (bicyclic) bond motifs is 1. The third-order valence-corrected chi connectivity index (χ3v) is 3.07. The minimum atomic E-state index is 0.583. The zero-order valence-corrected chi connectivity index (χ0v) is 11.1. The molecule has 2 nitrogen and oxygen atoms in total. The Bertz CT molecular complexity index is 697. The highest BCUT2D eigenvalue weighted by Crippen LogP contribution is 2.25. The van der Waals surface area contributed by atoms with Gasteiger partial charge in [-0.1, -0.05) is 36.4 Å². The Morgan fingerprint density at radius 3 is 2.50 bits per heavy atom. The average Bonchev–Trinajstić information content (AvgIpc) is 2.39. The highest BCUT2D eigenvalue weighted by atomic mass is 79.9. The summed E-state index contributed by atoms with van der Waals surface area (Å²) in [5.74, 6) is 1.37. The van der Waals surface area contributed by atoms with E-state index < -0.39 is 0 Å². The molecule has 18 heavy (non-hydrogen) atoms. The summed E-state index contributed by atoms with van der Waals surface area (Å²) in [6, 6.07) is 19.8. The number of halogens is 1. The lowest BCUT2D eigenvalue weighted by molar-refractivity contribution is 0.462. The largest absolute Gasteiger partial charge is 0.439 e. The molecule has 0 bridgehead atoms. The van der Waals surface area contributed by atoms with Gasteiger partial charge in [0.05, 0.1) is 0 Å². The lowest BCUT2D eigenvalue weighted by Gasteiger charge is -2.06. The van der Waals surface area contributed by atoms with Crippen molar-refractivity contribution in [1.29, 1.82) is 0 Å². The number of aromatic nitrogens is 1. The molecule has 1 aromatic heterocycles. The maximum absolute atomic E-state index is 5.73. The second-order valence-corrected chi connectivity index (χ2v) is 4.72. The van der Waals surface area contributed by atoms with E-state index in [2.05, 4.69) is 33.0 Å². The van der Waals surface area contributed by atoms with Crippen LogP contribution in [-0.4, -0.2) is 4.98 Å². The van der Waals surface area contributed by atoms with Gasteiger partial charge >= 0.3 is 0 Å². The van der Waals surface area contributed by atoms with Gasteiger partial charge in [-0.05, 0) is 44.9 Å². The van der Waals surface area contributed by atoms with Gasteiger partial charge in [-0.3, -0.25) is 0 Å². The van der Waals surface area contributed by atoms with Crippen LogP contribution in [0.2, 0.25) is 0 Å². The van der Waals surface area contributed by atoms with Crippen LogP contribution >= 0.6 is 15.9 Å². The van der Waals surface area contributed by atoms with Crippen molar-refractivity contribution in [3.8, 4) is 11.6 Å². The molecule has 0 saturated heterocycles. The fourth-order valence-electron chi connectivity index (χ4n) is 1.80. The Morgan fingerprint density at radius 1 is 0.833 bits per heavy atom. The van der Waals surface area contributed by atoms with E-state index in [4.69, 9.17) is 4.74 Å². The van der Waals surface area contributed by atoms with E-state index >= 15 is 0 Å². The fraction of sp³-hybridized carbons (Fsp3) is 0. The average molecular weight is 300 g/mol. The number of hydrogen-bond donors (Lipinski definition) is 0. The van der Waals surface area contributed by atoms with Crippen LogP contribution in [0.25, 0.3) is 10.8 Å². The molecule has 2 aromatic carbocycles. The van der Waals surface area contributed by atoms with E-state index in [1.165, 1.54) is 5.39 Å². The van der Waals surface area contributed by atoms with E-state index in [9.17, 15) is 0 Å². The van der Waals surface area contributed by atoms with E-state index in [0.717, 1.165) is 15.7 Å². The Morgan fingerprint density at radius 2 is 1.67 bits per heavy atom. The molecule has 0 spiro atoms. The molecule has 0 unspecified atom stereocenters.